The minimum Gasteiger partial charge on any atom is -0.396 e. The first-order valence-electron chi connectivity index (χ1n) is 3.77. The summed E-state index contributed by atoms with van der Waals surface area (Å²) in [7, 11) is 0. The van der Waals surface area contributed by atoms with Crippen LogP contribution in [0.2, 0.25) is 5.02 Å². The number of halogens is 2. The van der Waals surface area contributed by atoms with Crippen LogP contribution in [-0.4, -0.2) is 0 Å². The molecule has 0 aliphatic rings. The average Bonchev–Trinajstić information content (AvgIpc) is 2.00. The van der Waals surface area contributed by atoms with Gasteiger partial charge in [0.2, 0.25) is 0 Å². The minimum atomic E-state index is -0.511. The van der Waals surface area contributed by atoms with Gasteiger partial charge in [-0.05, 0) is 17.5 Å². The van der Waals surface area contributed by atoms with Crippen molar-refractivity contribution in [1.29, 1.82) is 0 Å². The predicted molar refractivity (Wildman–Crippen MR) is 49.9 cm³/mol. The van der Waals surface area contributed by atoms with Crippen molar-refractivity contribution in [3.8, 4) is 0 Å². The summed E-state index contributed by atoms with van der Waals surface area (Å²) in [5.41, 5.74) is 6.23. The number of hydrogen-bond acceptors (Lipinski definition) is 1. The molecule has 3 heteroatoms. The van der Waals surface area contributed by atoms with E-state index in [0.29, 0.717) is 0 Å². The molecule has 1 nitrogen and oxygen atoms in total. The second kappa shape index (κ2) is 3.31. The van der Waals surface area contributed by atoms with Crippen LogP contribution in [0.4, 0.5) is 10.1 Å². The summed E-state index contributed by atoms with van der Waals surface area (Å²) in [5.74, 6) is -0.296. The van der Waals surface area contributed by atoms with E-state index in [-0.39, 0.29) is 16.6 Å². The van der Waals surface area contributed by atoms with Crippen LogP contribution in [0, 0.1) is 5.82 Å². The van der Waals surface area contributed by atoms with Gasteiger partial charge in [0.15, 0.2) is 5.82 Å². The standard InChI is InChI=1S/C9H11ClFN/c1-5(2)6-3-4-7(12)9(11)8(6)10/h3-5H,12H2,1-2H3. The van der Waals surface area contributed by atoms with Crippen molar-refractivity contribution in [1.82, 2.24) is 0 Å². The third-order valence-corrected chi connectivity index (χ3v) is 2.15. The Balaban J connectivity index is 3.27. The van der Waals surface area contributed by atoms with Crippen LogP contribution in [0.15, 0.2) is 12.1 Å². The summed E-state index contributed by atoms with van der Waals surface area (Å²) in [5, 5.41) is 0.144. The van der Waals surface area contributed by atoms with E-state index in [9.17, 15) is 4.39 Å². The lowest BCUT2D eigenvalue weighted by Gasteiger charge is -2.09. The Bertz CT molecular complexity index is 297. The largest absolute Gasteiger partial charge is 0.396 e. The second-order valence-corrected chi connectivity index (χ2v) is 3.40. The fourth-order valence-electron chi connectivity index (χ4n) is 1.03. The van der Waals surface area contributed by atoms with Crippen molar-refractivity contribution >= 4 is 17.3 Å². The Morgan fingerprint density at radius 2 is 2.00 bits per heavy atom. The lowest BCUT2D eigenvalue weighted by molar-refractivity contribution is 0.628. The zero-order valence-electron chi connectivity index (χ0n) is 7.07. The number of hydrogen-bond donors (Lipinski definition) is 1. The van der Waals surface area contributed by atoms with Crippen LogP contribution in [0.3, 0.4) is 0 Å². The third kappa shape index (κ3) is 1.53. The first-order valence-corrected chi connectivity index (χ1v) is 4.15. The molecule has 0 radical (unpaired) electrons. The van der Waals surface area contributed by atoms with Crippen molar-refractivity contribution in [3.05, 3.63) is 28.5 Å². The number of benzene rings is 1. The van der Waals surface area contributed by atoms with Gasteiger partial charge in [0.05, 0.1) is 10.7 Å². The SMILES string of the molecule is CC(C)c1ccc(N)c(F)c1Cl. The lowest BCUT2D eigenvalue weighted by Crippen LogP contribution is -1.96. The van der Waals surface area contributed by atoms with E-state index in [1.165, 1.54) is 6.07 Å². The van der Waals surface area contributed by atoms with Crippen LogP contribution < -0.4 is 5.73 Å². The molecule has 0 saturated carbocycles. The molecule has 12 heavy (non-hydrogen) atoms. The fraction of sp³-hybridized carbons (Fsp3) is 0.333. The van der Waals surface area contributed by atoms with E-state index in [0.717, 1.165) is 5.56 Å². The molecule has 66 valence electrons. The van der Waals surface area contributed by atoms with Gasteiger partial charge in [-0.1, -0.05) is 31.5 Å². The highest BCUT2D eigenvalue weighted by molar-refractivity contribution is 6.31. The molecule has 0 amide bonds. The highest BCUT2D eigenvalue weighted by Gasteiger charge is 2.11. The summed E-state index contributed by atoms with van der Waals surface area (Å²) in [4.78, 5) is 0. The summed E-state index contributed by atoms with van der Waals surface area (Å²) in [6.07, 6.45) is 0. The van der Waals surface area contributed by atoms with Gasteiger partial charge >= 0.3 is 0 Å². The topological polar surface area (TPSA) is 26.0 Å². The summed E-state index contributed by atoms with van der Waals surface area (Å²) >= 11 is 5.74. The smallest absolute Gasteiger partial charge is 0.164 e. The molecule has 1 aromatic rings. The Kier molecular flexibility index (Phi) is 2.58. The van der Waals surface area contributed by atoms with Crippen LogP contribution in [0.1, 0.15) is 25.3 Å². The molecular weight excluding hydrogens is 177 g/mol. The maximum absolute atomic E-state index is 13.1. The number of nitrogen functional groups attached to an aromatic ring is 1. The van der Waals surface area contributed by atoms with Gasteiger partial charge in [0.25, 0.3) is 0 Å². The van der Waals surface area contributed by atoms with E-state index in [4.69, 9.17) is 17.3 Å². The first kappa shape index (κ1) is 9.33. The molecular formula is C9H11ClFN. The van der Waals surface area contributed by atoms with Gasteiger partial charge in [-0.25, -0.2) is 4.39 Å². The molecule has 0 aromatic heterocycles. The monoisotopic (exact) mass is 187 g/mol. The Morgan fingerprint density at radius 3 is 2.50 bits per heavy atom. The number of rotatable bonds is 1. The van der Waals surface area contributed by atoms with Gasteiger partial charge in [-0.3, -0.25) is 0 Å². The maximum Gasteiger partial charge on any atom is 0.164 e. The molecule has 0 heterocycles. The Morgan fingerprint density at radius 1 is 1.42 bits per heavy atom. The van der Waals surface area contributed by atoms with Gasteiger partial charge < -0.3 is 5.73 Å². The summed E-state index contributed by atoms with van der Waals surface area (Å²) < 4.78 is 13.1. The maximum atomic E-state index is 13.1. The van der Waals surface area contributed by atoms with Gasteiger partial charge in [-0.2, -0.15) is 0 Å². The molecule has 0 spiro atoms. The van der Waals surface area contributed by atoms with Crippen LogP contribution in [0.25, 0.3) is 0 Å². The van der Waals surface area contributed by atoms with Gasteiger partial charge in [0.1, 0.15) is 0 Å². The van der Waals surface area contributed by atoms with Crippen LogP contribution in [-0.2, 0) is 0 Å². The molecule has 0 aliphatic heterocycles. The quantitative estimate of drug-likeness (QED) is 0.672. The summed E-state index contributed by atoms with van der Waals surface area (Å²) in [6, 6.07) is 3.29. The van der Waals surface area contributed by atoms with Gasteiger partial charge in [-0.15, -0.1) is 0 Å². The molecule has 0 unspecified atom stereocenters. The zero-order valence-corrected chi connectivity index (χ0v) is 7.82. The van der Waals surface area contributed by atoms with Crippen LogP contribution in [0.5, 0.6) is 0 Å². The highest BCUT2D eigenvalue weighted by Crippen LogP contribution is 2.29. The normalized spacial score (nSPS) is 10.8. The van der Waals surface area contributed by atoms with Gasteiger partial charge in [0, 0.05) is 0 Å². The fourth-order valence-corrected chi connectivity index (χ4v) is 1.42. The van der Waals surface area contributed by atoms with E-state index >= 15 is 0 Å². The lowest BCUT2D eigenvalue weighted by atomic mass is 10.0. The van der Waals surface area contributed by atoms with Crippen molar-refractivity contribution in [2.75, 3.05) is 5.73 Å². The molecule has 0 bridgehead atoms. The predicted octanol–water partition coefficient (Wildman–Crippen LogP) is 3.18. The van der Waals surface area contributed by atoms with Crippen molar-refractivity contribution < 1.29 is 4.39 Å². The second-order valence-electron chi connectivity index (χ2n) is 3.03. The average molecular weight is 188 g/mol. The minimum absolute atomic E-state index is 0.101. The van der Waals surface area contributed by atoms with E-state index in [1.807, 2.05) is 13.8 Å². The first-order chi connectivity index (χ1) is 5.54. The molecule has 1 rings (SSSR count). The Hall–Kier alpha value is -0.760. The van der Waals surface area contributed by atoms with Crippen molar-refractivity contribution in [2.45, 2.75) is 19.8 Å². The van der Waals surface area contributed by atoms with E-state index < -0.39 is 5.82 Å². The molecule has 1 aromatic carbocycles. The molecule has 0 atom stereocenters. The molecule has 0 aliphatic carbocycles. The molecule has 2 N–H and O–H groups in total. The Labute approximate surface area is 76.3 Å². The summed E-state index contributed by atoms with van der Waals surface area (Å²) in [6.45, 7) is 3.91. The number of anilines is 1. The van der Waals surface area contributed by atoms with Crippen LogP contribution >= 0.6 is 11.6 Å². The van der Waals surface area contributed by atoms with Crippen molar-refractivity contribution in [3.63, 3.8) is 0 Å². The van der Waals surface area contributed by atoms with Crippen molar-refractivity contribution in [2.24, 2.45) is 0 Å². The highest BCUT2D eigenvalue weighted by atomic mass is 35.5. The molecule has 0 saturated heterocycles. The van der Waals surface area contributed by atoms with E-state index in [2.05, 4.69) is 0 Å². The zero-order chi connectivity index (χ0) is 9.30. The number of nitrogens with two attached hydrogens (primary N) is 1. The third-order valence-electron chi connectivity index (χ3n) is 1.76. The van der Waals surface area contributed by atoms with E-state index in [1.54, 1.807) is 6.07 Å². The molecule has 0 fully saturated rings.